The monoisotopic (exact) mass is 481 g/mol. The second-order valence-electron chi connectivity index (χ2n) is 8.15. The quantitative estimate of drug-likeness (QED) is 0.478. The van der Waals surface area contributed by atoms with Gasteiger partial charge in [0.15, 0.2) is 0 Å². The van der Waals surface area contributed by atoms with Gasteiger partial charge in [-0.25, -0.2) is 9.18 Å². The van der Waals surface area contributed by atoms with E-state index < -0.39 is 5.82 Å². The highest BCUT2D eigenvalue weighted by molar-refractivity contribution is 6.31. The van der Waals surface area contributed by atoms with Gasteiger partial charge in [0, 0.05) is 30.2 Å². The zero-order valence-electron chi connectivity index (χ0n) is 19.0. The van der Waals surface area contributed by atoms with Crippen LogP contribution in [0.2, 0.25) is 5.02 Å². The molecule has 0 radical (unpaired) electrons. The van der Waals surface area contributed by atoms with Gasteiger partial charge in [-0.05, 0) is 79.1 Å². The number of carbonyl (C=O) groups is 2. The lowest BCUT2D eigenvalue weighted by Crippen LogP contribution is -2.49. The van der Waals surface area contributed by atoms with Gasteiger partial charge in [0.25, 0.3) is 5.91 Å². The van der Waals surface area contributed by atoms with Crippen LogP contribution < -0.4 is 15.0 Å². The summed E-state index contributed by atoms with van der Waals surface area (Å²) in [5.74, 6) is -0.0321. The van der Waals surface area contributed by atoms with Crippen molar-refractivity contribution in [3.63, 3.8) is 0 Å². The minimum atomic E-state index is -0.400. The van der Waals surface area contributed by atoms with Crippen LogP contribution in [0, 0.1) is 12.7 Å². The molecule has 4 rings (SSSR count). The Hall–Kier alpha value is -3.58. The summed E-state index contributed by atoms with van der Waals surface area (Å²) in [6.45, 7) is 3.15. The molecule has 34 heavy (non-hydrogen) atoms. The summed E-state index contributed by atoms with van der Waals surface area (Å²) in [6, 6.07) is 16.3. The zero-order valence-corrected chi connectivity index (χ0v) is 19.7. The first-order valence-corrected chi connectivity index (χ1v) is 11.3. The molecule has 3 aromatic rings. The molecule has 6 nitrogen and oxygen atoms in total. The van der Waals surface area contributed by atoms with Gasteiger partial charge in [-0.15, -0.1) is 0 Å². The number of halogens is 2. The maximum absolute atomic E-state index is 13.7. The summed E-state index contributed by atoms with van der Waals surface area (Å²) < 4.78 is 18.9. The second kappa shape index (κ2) is 10.1. The SMILES string of the molecule is COc1ccc(C(=O)Nc2cc(C)ccc2N2CCCN(Cc3cc(F)ccc3Cl)C2=O)cc1. The molecular weight excluding hydrogens is 457 g/mol. The van der Waals surface area contributed by atoms with Crippen molar-refractivity contribution in [3.05, 3.63) is 88.2 Å². The molecule has 1 fully saturated rings. The third-order valence-electron chi connectivity index (χ3n) is 5.72. The maximum Gasteiger partial charge on any atom is 0.324 e. The average Bonchev–Trinajstić information content (AvgIpc) is 2.83. The van der Waals surface area contributed by atoms with E-state index in [1.165, 1.54) is 18.2 Å². The molecular formula is C26H25ClFN3O3. The number of urea groups is 1. The number of rotatable bonds is 6. The van der Waals surface area contributed by atoms with Crippen molar-refractivity contribution in [2.24, 2.45) is 0 Å². The van der Waals surface area contributed by atoms with Crippen LogP contribution in [0.1, 0.15) is 27.9 Å². The van der Waals surface area contributed by atoms with Crippen molar-refractivity contribution >= 4 is 34.9 Å². The third-order valence-corrected chi connectivity index (χ3v) is 6.09. The number of hydrogen-bond donors (Lipinski definition) is 1. The van der Waals surface area contributed by atoms with Gasteiger partial charge >= 0.3 is 6.03 Å². The normalized spacial score (nSPS) is 13.7. The number of ether oxygens (including phenoxy) is 1. The Morgan fingerprint density at radius 3 is 2.59 bits per heavy atom. The lowest BCUT2D eigenvalue weighted by Gasteiger charge is -2.36. The van der Waals surface area contributed by atoms with Crippen LogP contribution in [0.25, 0.3) is 0 Å². The van der Waals surface area contributed by atoms with Crippen molar-refractivity contribution in [2.45, 2.75) is 19.9 Å². The molecule has 1 aliphatic heterocycles. The fourth-order valence-corrected chi connectivity index (χ4v) is 4.12. The van der Waals surface area contributed by atoms with E-state index in [4.69, 9.17) is 16.3 Å². The molecule has 1 aliphatic rings. The molecule has 3 amide bonds. The van der Waals surface area contributed by atoms with Crippen molar-refractivity contribution in [1.29, 1.82) is 0 Å². The first kappa shape index (κ1) is 23.6. The number of carbonyl (C=O) groups excluding carboxylic acids is 2. The van der Waals surface area contributed by atoms with E-state index in [9.17, 15) is 14.0 Å². The lowest BCUT2D eigenvalue weighted by atomic mass is 10.1. The molecule has 0 unspecified atom stereocenters. The first-order chi connectivity index (χ1) is 16.4. The number of methoxy groups -OCH3 is 1. The zero-order chi connectivity index (χ0) is 24.2. The molecule has 0 aliphatic carbocycles. The predicted molar refractivity (Wildman–Crippen MR) is 131 cm³/mol. The van der Waals surface area contributed by atoms with Crippen LogP contribution in [-0.4, -0.2) is 37.0 Å². The number of hydrogen-bond acceptors (Lipinski definition) is 3. The number of benzene rings is 3. The van der Waals surface area contributed by atoms with E-state index in [1.54, 1.807) is 41.2 Å². The molecule has 1 heterocycles. The second-order valence-corrected chi connectivity index (χ2v) is 8.56. The number of aryl methyl sites for hydroxylation is 1. The highest BCUT2D eigenvalue weighted by Crippen LogP contribution is 2.31. The van der Waals surface area contributed by atoms with Crippen LogP contribution in [0.3, 0.4) is 0 Å². The molecule has 0 bridgehead atoms. The van der Waals surface area contributed by atoms with Crippen LogP contribution in [0.4, 0.5) is 20.6 Å². The third kappa shape index (κ3) is 5.15. The Labute approximate surface area is 202 Å². The molecule has 1 saturated heterocycles. The fraction of sp³-hybridized carbons (Fsp3) is 0.231. The Kier molecular flexibility index (Phi) is 7.03. The van der Waals surface area contributed by atoms with Gasteiger partial charge in [-0.3, -0.25) is 9.69 Å². The summed E-state index contributed by atoms with van der Waals surface area (Å²) in [5.41, 5.74) is 3.11. The van der Waals surface area contributed by atoms with Gasteiger partial charge in [-0.2, -0.15) is 0 Å². The van der Waals surface area contributed by atoms with Gasteiger partial charge < -0.3 is 15.0 Å². The van der Waals surface area contributed by atoms with Crippen LogP contribution >= 0.6 is 11.6 Å². The van der Waals surface area contributed by atoms with Crippen LogP contribution in [0.5, 0.6) is 5.75 Å². The molecule has 0 aromatic heterocycles. The highest BCUT2D eigenvalue weighted by atomic mass is 35.5. The van der Waals surface area contributed by atoms with Gasteiger partial charge in [0.1, 0.15) is 11.6 Å². The first-order valence-electron chi connectivity index (χ1n) is 10.9. The molecule has 8 heteroatoms. The minimum absolute atomic E-state index is 0.200. The summed E-state index contributed by atoms with van der Waals surface area (Å²) in [5, 5.41) is 3.35. The van der Waals surface area contributed by atoms with E-state index in [2.05, 4.69) is 5.32 Å². The van der Waals surface area contributed by atoms with Gasteiger partial charge in [-0.1, -0.05) is 17.7 Å². The lowest BCUT2D eigenvalue weighted by molar-refractivity contribution is 0.102. The summed E-state index contributed by atoms with van der Waals surface area (Å²) in [6.07, 6.45) is 0.721. The molecule has 0 atom stereocenters. The molecule has 176 valence electrons. The molecule has 3 aromatic carbocycles. The van der Waals surface area contributed by atoms with E-state index in [0.717, 1.165) is 12.0 Å². The molecule has 0 spiro atoms. The van der Waals surface area contributed by atoms with Crippen molar-refractivity contribution in [2.75, 3.05) is 30.4 Å². The Morgan fingerprint density at radius 2 is 1.85 bits per heavy atom. The highest BCUT2D eigenvalue weighted by Gasteiger charge is 2.29. The number of nitrogens with one attached hydrogen (secondary N) is 1. The molecule has 0 saturated carbocycles. The van der Waals surface area contributed by atoms with Crippen molar-refractivity contribution in [1.82, 2.24) is 4.90 Å². The van der Waals surface area contributed by atoms with E-state index >= 15 is 0 Å². The minimum Gasteiger partial charge on any atom is -0.497 e. The average molecular weight is 482 g/mol. The summed E-state index contributed by atoms with van der Waals surface area (Å²) >= 11 is 6.22. The van der Waals surface area contributed by atoms with Crippen molar-refractivity contribution < 1.29 is 18.7 Å². The molecule has 1 N–H and O–H groups in total. The van der Waals surface area contributed by atoms with Crippen LogP contribution in [-0.2, 0) is 6.54 Å². The van der Waals surface area contributed by atoms with E-state index in [-0.39, 0.29) is 18.5 Å². The van der Waals surface area contributed by atoms with Gasteiger partial charge in [0.2, 0.25) is 0 Å². The van der Waals surface area contributed by atoms with E-state index in [0.29, 0.717) is 46.4 Å². The van der Waals surface area contributed by atoms with E-state index in [1.807, 2.05) is 25.1 Å². The van der Waals surface area contributed by atoms with Crippen LogP contribution in [0.15, 0.2) is 60.7 Å². The van der Waals surface area contributed by atoms with Crippen molar-refractivity contribution in [3.8, 4) is 5.75 Å². The Morgan fingerprint density at radius 1 is 1.09 bits per heavy atom. The number of nitrogens with zero attached hydrogens (tertiary/aromatic N) is 2. The standard InChI is InChI=1S/C26H25ClFN3O3/c1-17-4-11-24(23(14-17)29-25(32)18-5-8-21(34-2)9-6-18)31-13-3-12-30(26(31)33)16-19-15-20(28)7-10-22(19)27/h4-11,14-15H,3,12-13,16H2,1-2H3,(H,29,32). The number of anilines is 2. The van der Waals surface area contributed by atoms with Gasteiger partial charge in [0.05, 0.1) is 18.5 Å². The Bertz CT molecular complexity index is 1220. The fourth-order valence-electron chi connectivity index (χ4n) is 3.94. The number of amides is 3. The predicted octanol–water partition coefficient (Wildman–Crippen LogP) is 5.88. The Balaban J connectivity index is 1.57. The topological polar surface area (TPSA) is 61.9 Å². The maximum atomic E-state index is 13.7. The summed E-state index contributed by atoms with van der Waals surface area (Å²) in [7, 11) is 1.56. The smallest absolute Gasteiger partial charge is 0.324 e. The summed E-state index contributed by atoms with van der Waals surface area (Å²) in [4.78, 5) is 29.6. The largest absolute Gasteiger partial charge is 0.497 e.